The zero-order valence-corrected chi connectivity index (χ0v) is 49.6. The van der Waals surface area contributed by atoms with Gasteiger partial charge in [-0.05, 0) is 77.6 Å². The van der Waals surface area contributed by atoms with Crippen LogP contribution in [0.15, 0.2) is 22.5 Å². The third kappa shape index (κ3) is 25.6. The Morgan fingerprint density at radius 1 is 0.647 bits per heavy atom. The van der Waals surface area contributed by atoms with Gasteiger partial charge in [0.2, 0.25) is 53.2 Å². The van der Waals surface area contributed by atoms with Gasteiger partial charge in [-0.1, -0.05) is 71.6 Å². The summed E-state index contributed by atoms with van der Waals surface area (Å²) in [5, 5.41) is 51.7. The second-order valence-corrected chi connectivity index (χ2v) is 22.2. The maximum atomic E-state index is 14.3. The van der Waals surface area contributed by atoms with Gasteiger partial charge in [-0.3, -0.25) is 57.9 Å². The minimum absolute atomic E-state index is 0.0172. The van der Waals surface area contributed by atoms with Crippen LogP contribution in [0.1, 0.15) is 143 Å². The molecule has 85 heavy (non-hydrogen) atoms. The van der Waals surface area contributed by atoms with E-state index in [9.17, 15) is 63.3 Å². The standard InChI is InChI=1S/C54H94N18O13/c1-6-29(2)42(52(85)72(27-41(76)77)35-17-11-8-12-18-35)69-47(80)37(20-14-22-62-54(58)59)66-40(75)26-63-50(83)43(31(4)73)71-51(84)44(32(5)74)70-49(82)39(24-34-25-60-28-64-34)68-48(81)38(23-33-15-9-7-10-16-33)67-45(78)30(3)65-46(79)36(55)19-13-21-61-53(56)57/h25,28-33,35-39,42-44,73-74H,6-24,26-27,55H2,1-5H3,(H,60,64)(H,63,83)(H,65,79)(H,66,75)(H,67,78)(H,68,81)(H,69,80)(H,70,82)(H,71,84)(H,76,77)(H4,56,57,61)(H4,58,59,62)/t29?,30-,31+,32+,36-,37-,38-,39-,42-,43-,44-/m0/s1. The minimum atomic E-state index is -1.82. The van der Waals surface area contributed by atoms with Gasteiger partial charge < -0.3 is 96.4 Å². The third-order valence-corrected chi connectivity index (χ3v) is 15.1. The molecule has 2 fully saturated rings. The van der Waals surface area contributed by atoms with Crippen molar-refractivity contribution in [3.05, 3.63) is 18.2 Å². The lowest BCUT2D eigenvalue weighted by Gasteiger charge is -2.37. The summed E-state index contributed by atoms with van der Waals surface area (Å²) in [6.07, 6.45) is 8.58. The van der Waals surface area contributed by atoms with Crippen LogP contribution in [0.25, 0.3) is 0 Å². The van der Waals surface area contributed by atoms with Gasteiger partial charge in [0.25, 0.3) is 0 Å². The highest BCUT2D eigenvalue weighted by atomic mass is 16.4. The van der Waals surface area contributed by atoms with Crippen molar-refractivity contribution in [3.8, 4) is 0 Å². The summed E-state index contributed by atoms with van der Waals surface area (Å²) in [5.74, 6) is -9.65. The molecule has 2 saturated carbocycles. The van der Waals surface area contributed by atoms with Gasteiger partial charge in [0.1, 0.15) is 48.8 Å². The van der Waals surface area contributed by atoms with E-state index < -0.39 is 139 Å². The molecule has 0 aromatic carbocycles. The summed E-state index contributed by atoms with van der Waals surface area (Å²) >= 11 is 0. The Bertz CT molecular complexity index is 2410. The first-order chi connectivity index (χ1) is 40.2. The number of imidazole rings is 1. The van der Waals surface area contributed by atoms with Crippen molar-refractivity contribution in [1.82, 2.24) is 57.4 Å². The van der Waals surface area contributed by atoms with Crippen molar-refractivity contribution >= 4 is 71.1 Å². The zero-order valence-electron chi connectivity index (χ0n) is 49.6. The molecule has 0 saturated heterocycles. The predicted molar refractivity (Wildman–Crippen MR) is 313 cm³/mol. The van der Waals surface area contributed by atoms with Gasteiger partial charge in [-0.2, -0.15) is 0 Å². The number of aliphatic carboxylic acids is 1. The van der Waals surface area contributed by atoms with E-state index in [0.29, 0.717) is 31.4 Å². The molecule has 22 N–H and O–H groups in total. The minimum Gasteiger partial charge on any atom is -0.480 e. The molecule has 0 aliphatic heterocycles. The Balaban J connectivity index is 1.78. The quantitative estimate of drug-likeness (QED) is 0.0173. The van der Waals surface area contributed by atoms with Crippen LogP contribution in [-0.2, 0) is 54.4 Å². The fourth-order valence-corrected chi connectivity index (χ4v) is 10.1. The molecule has 31 heteroatoms. The molecular formula is C54H94N18O13. The number of aromatic amines is 1. The normalized spacial score (nSPS) is 17.6. The number of aliphatic hydroxyl groups is 2. The number of rotatable bonds is 36. The van der Waals surface area contributed by atoms with Crippen LogP contribution in [-0.4, -0.2) is 194 Å². The number of carbonyl (C=O) groups is 10. The summed E-state index contributed by atoms with van der Waals surface area (Å²) in [4.78, 5) is 152. The lowest BCUT2D eigenvalue weighted by molar-refractivity contribution is -0.149. The Kier molecular flexibility index (Phi) is 31.1. The van der Waals surface area contributed by atoms with Crippen LogP contribution < -0.4 is 71.2 Å². The van der Waals surface area contributed by atoms with Crippen molar-refractivity contribution in [2.75, 3.05) is 26.2 Å². The molecule has 2 aliphatic carbocycles. The lowest BCUT2D eigenvalue weighted by atomic mass is 9.84. The fraction of sp³-hybridized carbons (Fsp3) is 0.722. The largest absolute Gasteiger partial charge is 0.480 e. The molecule has 1 aromatic heterocycles. The first-order valence-electron chi connectivity index (χ1n) is 29.3. The number of hydrogen-bond donors (Lipinski definition) is 17. The summed E-state index contributed by atoms with van der Waals surface area (Å²) in [7, 11) is 0. The number of carbonyl (C=O) groups excluding carboxylic acids is 9. The highest BCUT2D eigenvalue weighted by Gasteiger charge is 2.39. The van der Waals surface area contributed by atoms with Crippen LogP contribution in [0, 0.1) is 11.8 Å². The number of aliphatic imine (C=N–C) groups is 2. The Labute approximate surface area is 495 Å². The van der Waals surface area contributed by atoms with Crippen molar-refractivity contribution in [2.45, 2.75) is 210 Å². The van der Waals surface area contributed by atoms with Gasteiger partial charge in [0.05, 0.1) is 31.1 Å². The average Bonchev–Trinajstić information content (AvgIpc) is 4.02. The van der Waals surface area contributed by atoms with E-state index in [-0.39, 0.29) is 69.1 Å². The molecule has 0 radical (unpaired) electrons. The number of H-pyrrole nitrogens is 1. The smallest absolute Gasteiger partial charge is 0.323 e. The molecule has 9 amide bonds. The summed E-state index contributed by atoms with van der Waals surface area (Å²) < 4.78 is 0. The lowest BCUT2D eigenvalue weighted by Crippen LogP contribution is -2.63. The molecule has 1 heterocycles. The molecule has 31 nitrogen and oxygen atoms in total. The number of nitrogens with one attached hydrogen (secondary N) is 9. The zero-order chi connectivity index (χ0) is 63.3. The van der Waals surface area contributed by atoms with Crippen LogP contribution in [0.4, 0.5) is 0 Å². The number of carboxylic acid groups (broad SMARTS) is 1. The van der Waals surface area contributed by atoms with E-state index in [0.717, 1.165) is 65.2 Å². The van der Waals surface area contributed by atoms with Crippen molar-refractivity contribution in [1.29, 1.82) is 0 Å². The number of hydrogen-bond acceptors (Lipinski definition) is 16. The van der Waals surface area contributed by atoms with E-state index in [4.69, 9.17) is 28.7 Å². The maximum Gasteiger partial charge on any atom is 0.323 e. The van der Waals surface area contributed by atoms with Crippen LogP contribution in [0.5, 0.6) is 0 Å². The number of nitrogens with two attached hydrogens (primary N) is 5. The fourth-order valence-electron chi connectivity index (χ4n) is 10.1. The molecule has 11 atom stereocenters. The second-order valence-electron chi connectivity index (χ2n) is 22.2. The van der Waals surface area contributed by atoms with E-state index in [1.165, 1.54) is 24.3 Å². The van der Waals surface area contributed by atoms with Crippen LogP contribution >= 0.6 is 0 Å². The molecule has 2 aliphatic rings. The number of amides is 9. The third-order valence-electron chi connectivity index (χ3n) is 15.1. The van der Waals surface area contributed by atoms with E-state index in [1.54, 1.807) is 13.8 Å². The van der Waals surface area contributed by atoms with Gasteiger partial charge in [-0.25, -0.2) is 4.98 Å². The second kappa shape index (κ2) is 36.9. The highest BCUT2D eigenvalue weighted by Crippen LogP contribution is 2.28. The van der Waals surface area contributed by atoms with Crippen molar-refractivity contribution in [3.63, 3.8) is 0 Å². The average molecular weight is 1200 g/mol. The van der Waals surface area contributed by atoms with Gasteiger partial charge in [-0.15, -0.1) is 0 Å². The van der Waals surface area contributed by atoms with Gasteiger partial charge in [0.15, 0.2) is 11.9 Å². The monoisotopic (exact) mass is 1200 g/mol. The summed E-state index contributed by atoms with van der Waals surface area (Å²) in [6, 6.07) is -11.3. The van der Waals surface area contributed by atoms with Crippen LogP contribution in [0.2, 0.25) is 0 Å². The Morgan fingerprint density at radius 2 is 1.18 bits per heavy atom. The van der Waals surface area contributed by atoms with E-state index >= 15 is 0 Å². The number of aromatic nitrogens is 2. The Morgan fingerprint density at radius 3 is 1.73 bits per heavy atom. The SMILES string of the molecule is CCC(C)[C@H](NC(=O)[C@H](CCCN=C(N)N)NC(=O)CNC(=O)[C@@H](NC(=O)[C@@H](NC(=O)[C@H](Cc1cnc[nH]1)NC(=O)[C@H](CC1CCCCC1)NC(=O)[C@H](C)NC(=O)[C@@H](N)CCCN=C(N)N)[C@@H](C)O)[C@@H](C)O)C(=O)N(CC(=O)O)C1CCCCC1. The van der Waals surface area contributed by atoms with Crippen LogP contribution in [0.3, 0.4) is 0 Å². The first-order valence-corrected chi connectivity index (χ1v) is 29.3. The van der Waals surface area contributed by atoms with Gasteiger partial charge >= 0.3 is 5.97 Å². The Hall–Kier alpha value is -7.67. The first kappa shape index (κ1) is 71.6. The van der Waals surface area contributed by atoms with Crippen molar-refractivity contribution < 1.29 is 63.3 Å². The molecule has 0 bridgehead atoms. The maximum absolute atomic E-state index is 14.3. The molecule has 1 unspecified atom stereocenters. The summed E-state index contributed by atoms with van der Waals surface area (Å²) in [6.45, 7) is 6.18. The van der Waals surface area contributed by atoms with E-state index in [2.05, 4.69) is 62.5 Å². The van der Waals surface area contributed by atoms with Gasteiger partial charge in [0, 0.05) is 37.4 Å². The number of nitrogens with zero attached hydrogens (tertiary/aromatic N) is 4. The van der Waals surface area contributed by atoms with Crippen molar-refractivity contribution in [2.24, 2.45) is 50.5 Å². The number of guanidine groups is 2. The molecule has 3 rings (SSSR count). The number of carboxylic acids is 1. The number of aliphatic hydroxyl groups excluding tert-OH is 2. The molecule has 0 spiro atoms. The molecule has 1 aromatic rings. The van der Waals surface area contributed by atoms with E-state index in [1.807, 2.05) is 0 Å². The molecular weight excluding hydrogens is 1110 g/mol. The topological polar surface area (TPSA) is 514 Å². The highest BCUT2D eigenvalue weighted by molar-refractivity contribution is 5.98. The molecule has 478 valence electrons. The summed E-state index contributed by atoms with van der Waals surface area (Å²) in [5.41, 5.74) is 28.1. The predicted octanol–water partition coefficient (Wildman–Crippen LogP) is -4.06.